The van der Waals surface area contributed by atoms with Crippen LogP contribution in [0.3, 0.4) is 0 Å². The van der Waals surface area contributed by atoms with E-state index in [0.29, 0.717) is 17.9 Å². The van der Waals surface area contributed by atoms with Gasteiger partial charge < -0.3 is 10.2 Å². The molecule has 0 heterocycles. The second kappa shape index (κ2) is 12.3. The maximum absolute atomic E-state index is 13.8. The van der Waals surface area contributed by atoms with Crippen LogP contribution in [0.25, 0.3) is 0 Å². The molecule has 1 atom stereocenters. The summed E-state index contributed by atoms with van der Waals surface area (Å²) in [7, 11) is 0. The first kappa shape index (κ1) is 23.9. The SMILES string of the molecule is CCCCNC(=O)[C@H](C)N(Cc1ccc(F)cc1)C(=O)CSCc1ccccc1F. The number of nitrogens with zero attached hydrogens (tertiary/aromatic N) is 1. The number of carbonyl (C=O) groups is 2. The molecule has 2 rings (SSSR count). The monoisotopic (exact) mass is 434 g/mol. The number of hydrogen-bond donors (Lipinski definition) is 1. The van der Waals surface area contributed by atoms with Crippen LogP contribution in [0.1, 0.15) is 37.8 Å². The molecule has 0 bridgehead atoms. The summed E-state index contributed by atoms with van der Waals surface area (Å²) in [6, 6.07) is 11.6. The molecule has 0 unspecified atom stereocenters. The minimum atomic E-state index is -0.673. The molecule has 1 N–H and O–H groups in total. The first-order chi connectivity index (χ1) is 14.4. The van der Waals surface area contributed by atoms with Crippen molar-refractivity contribution in [3.05, 3.63) is 71.3 Å². The Hall–Kier alpha value is -2.41. The molecule has 0 aliphatic rings. The normalized spacial score (nSPS) is 11.7. The average Bonchev–Trinajstić information content (AvgIpc) is 2.74. The van der Waals surface area contributed by atoms with Gasteiger partial charge in [0, 0.05) is 18.8 Å². The van der Waals surface area contributed by atoms with Crippen molar-refractivity contribution in [2.24, 2.45) is 0 Å². The van der Waals surface area contributed by atoms with E-state index in [9.17, 15) is 18.4 Å². The molecule has 0 aromatic heterocycles. The van der Waals surface area contributed by atoms with Crippen molar-refractivity contribution in [3.63, 3.8) is 0 Å². The molecule has 2 amide bonds. The van der Waals surface area contributed by atoms with Crippen LogP contribution in [-0.4, -0.2) is 35.1 Å². The van der Waals surface area contributed by atoms with E-state index in [1.165, 1.54) is 34.9 Å². The number of thioether (sulfide) groups is 1. The standard InChI is InChI=1S/C23H28F2N2O2S/c1-3-4-13-26-23(29)17(2)27(14-18-9-11-20(24)12-10-18)22(28)16-30-15-19-7-5-6-8-21(19)25/h5-12,17H,3-4,13-16H2,1-2H3,(H,26,29)/t17-/m0/s1. The summed E-state index contributed by atoms with van der Waals surface area (Å²) >= 11 is 1.30. The summed E-state index contributed by atoms with van der Waals surface area (Å²) in [5.41, 5.74) is 1.27. The Morgan fingerprint density at radius 3 is 2.47 bits per heavy atom. The molecule has 0 fully saturated rings. The third-order valence-electron chi connectivity index (χ3n) is 4.70. The molecule has 0 saturated carbocycles. The molecule has 0 aliphatic carbocycles. The van der Waals surface area contributed by atoms with E-state index in [0.717, 1.165) is 18.4 Å². The van der Waals surface area contributed by atoms with E-state index in [4.69, 9.17) is 0 Å². The van der Waals surface area contributed by atoms with Gasteiger partial charge in [0.05, 0.1) is 5.75 Å². The molecule has 0 aliphatic heterocycles. The summed E-state index contributed by atoms with van der Waals surface area (Å²) in [4.78, 5) is 26.9. The van der Waals surface area contributed by atoms with Gasteiger partial charge in [-0.2, -0.15) is 0 Å². The average molecular weight is 435 g/mol. The smallest absolute Gasteiger partial charge is 0.242 e. The Kier molecular flexibility index (Phi) is 9.80. The van der Waals surface area contributed by atoms with Gasteiger partial charge in [0.25, 0.3) is 0 Å². The number of unbranched alkanes of at least 4 members (excludes halogenated alkanes) is 1. The number of rotatable bonds is 11. The Morgan fingerprint density at radius 2 is 1.80 bits per heavy atom. The summed E-state index contributed by atoms with van der Waals surface area (Å²) in [6.45, 7) is 4.47. The van der Waals surface area contributed by atoms with Crippen LogP contribution < -0.4 is 5.32 Å². The molecule has 4 nitrogen and oxygen atoms in total. The highest BCUT2D eigenvalue weighted by atomic mass is 32.2. The summed E-state index contributed by atoms with van der Waals surface area (Å²) < 4.78 is 27.0. The fourth-order valence-corrected chi connectivity index (χ4v) is 3.75. The molecule has 30 heavy (non-hydrogen) atoms. The molecule has 7 heteroatoms. The zero-order chi connectivity index (χ0) is 21.9. The van der Waals surface area contributed by atoms with E-state index in [2.05, 4.69) is 5.32 Å². The van der Waals surface area contributed by atoms with Crippen LogP contribution in [-0.2, 0) is 21.9 Å². The van der Waals surface area contributed by atoms with Crippen molar-refractivity contribution in [2.75, 3.05) is 12.3 Å². The van der Waals surface area contributed by atoms with Gasteiger partial charge in [0.1, 0.15) is 17.7 Å². The largest absolute Gasteiger partial charge is 0.354 e. The van der Waals surface area contributed by atoms with E-state index >= 15 is 0 Å². The van der Waals surface area contributed by atoms with Crippen LogP contribution >= 0.6 is 11.8 Å². The van der Waals surface area contributed by atoms with Crippen molar-refractivity contribution < 1.29 is 18.4 Å². The van der Waals surface area contributed by atoms with E-state index in [-0.39, 0.29) is 35.7 Å². The van der Waals surface area contributed by atoms with Gasteiger partial charge in [-0.3, -0.25) is 9.59 Å². The topological polar surface area (TPSA) is 49.4 Å². The highest BCUT2D eigenvalue weighted by molar-refractivity contribution is 7.99. The first-order valence-corrected chi connectivity index (χ1v) is 11.2. The lowest BCUT2D eigenvalue weighted by molar-refractivity contribution is -0.138. The summed E-state index contributed by atoms with van der Waals surface area (Å²) in [5, 5.41) is 2.85. The predicted octanol–water partition coefficient (Wildman–Crippen LogP) is 4.53. The predicted molar refractivity (Wildman–Crippen MR) is 117 cm³/mol. The maximum Gasteiger partial charge on any atom is 0.242 e. The van der Waals surface area contributed by atoms with Crippen LogP contribution in [0.5, 0.6) is 0 Å². The lowest BCUT2D eigenvalue weighted by Gasteiger charge is -2.28. The van der Waals surface area contributed by atoms with Gasteiger partial charge >= 0.3 is 0 Å². The Balaban J connectivity index is 2.04. The highest BCUT2D eigenvalue weighted by Gasteiger charge is 2.26. The second-order valence-corrected chi connectivity index (χ2v) is 8.04. The minimum absolute atomic E-state index is 0.113. The molecular weight excluding hydrogens is 406 g/mol. The third-order valence-corrected chi connectivity index (χ3v) is 5.67. The Labute approximate surface area is 181 Å². The number of nitrogens with one attached hydrogen (secondary N) is 1. The van der Waals surface area contributed by atoms with E-state index in [1.54, 1.807) is 37.3 Å². The number of halogens is 2. The highest BCUT2D eigenvalue weighted by Crippen LogP contribution is 2.18. The lowest BCUT2D eigenvalue weighted by Crippen LogP contribution is -2.48. The van der Waals surface area contributed by atoms with Crippen molar-refractivity contribution in [3.8, 4) is 0 Å². The number of hydrogen-bond acceptors (Lipinski definition) is 3. The van der Waals surface area contributed by atoms with Crippen LogP contribution in [0, 0.1) is 11.6 Å². The van der Waals surface area contributed by atoms with Crippen molar-refractivity contribution in [1.29, 1.82) is 0 Å². The molecule has 2 aromatic carbocycles. The fourth-order valence-electron chi connectivity index (χ4n) is 2.85. The van der Waals surface area contributed by atoms with Crippen molar-refractivity contribution in [2.45, 2.75) is 45.0 Å². The fraction of sp³-hybridized carbons (Fsp3) is 0.391. The van der Waals surface area contributed by atoms with Gasteiger partial charge in [0.15, 0.2) is 0 Å². The van der Waals surface area contributed by atoms with Crippen molar-refractivity contribution >= 4 is 23.6 Å². The third kappa shape index (κ3) is 7.44. The maximum atomic E-state index is 13.8. The summed E-state index contributed by atoms with van der Waals surface area (Å²) in [5.74, 6) is -0.634. The molecule has 2 aromatic rings. The van der Waals surface area contributed by atoms with Gasteiger partial charge in [-0.1, -0.05) is 43.7 Å². The van der Waals surface area contributed by atoms with Gasteiger partial charge in [-0.15, -0.1) is 11.8 Å². The minimum Gasteiger partial charge on any atom is -0.354 e. The Bertz CT molecular complexity index is 830. The molecule has 0 radical (unpaired) electrons. The van der Waals surface area contributed by atoms with E-state index in [1.807, 2.05) is 6.92 Å². The van der Waals surface area contributed by atoms with E-state index < -0.39 is 6.04 Å². The number of benzene rings is 2. The second-order valence-electron chi connectivity index (χ2n) is 7.05. The molecule has 0 spiro atoms. The quantitative estimate of drug-likeness (QED) is 0.529. The lowest BCUT2D eigenvalue weighted by atomic mass is 10.1. The zero-order valence-electron chi connectivity index (χ0n) is 17.4. The number of carbonyl (C=O) groups excluding carboxylic acids is 2. The van der Waals surface area contributed by atoms with Crippen LogP contribution in [0.15, 0.2) is 48.5 Å². The molecule has 0 saturated heterocycles. The zero-order valence-corrected chi connectivity index (χ0v) is 18.2. The molecule has 162 valence electrons. The van der Waals surface area contributed by atoms with Gasteiger partial charge in [-0.25, -0.2) is 8.78 Å². The first-order valence-electron chi connectivity index (χ1n) is 10.0. The summed E-state index contributed by atoms with van der Waals surface area (Å²) in [6.07, 6.45) is 1.82. The van der Waals surface area contributed by atoms with Gasteiger partial charge in [-0.05, 0) is 42.7 Å². The van der Waals surface area contributed by atoms with Crippen LogP contribution in [0.4, 0.5) is 8.78 Å². The number of amides is 2. The van der Waals surface area contributed by atoms with Gasteiger partial charge in [0.2, 0.25) is 11.8 Å². The molecular formula is C23H28F2N2O2S. The van der Waals surface area contributed by atoms with Crippen LogP contribution in [0.2, 0.25) is 0 Å². The Morgan fingerprint density at radius 1 is 1.10 bits per heavy atom. The van der Waals surface area contributed by atoms with Crippen molar-refractivity contribution in [1.82, 2.24) is 10.2 Å².